The summed E-state index contributed by atoms with van der Waals surface area (Å²) in [6.45, 7) is 6.52. The summed E-state index contributed by atoms with van der Waals surface area (Å²) in [5, 5.41) is 13.0. The zero-order valence-electron chi connectivity index (χ0n) is 14.3. The summed E-state index contributed by atoms with van der Waals surface area (Å²) in [6.07, 6.45) is 1.32. The van der Waals surface area contributed by atoms with Crippen LogP contribution in [-0.2, 0) is 4.74 Å². The molecule has 0 radical (unpaired) electrons. The molecule has 0 unspecified atom stereocenters. The Balaban J connectivity index is 1.54. The zero-order valence-corrected chi connectivity index (χ0v) is 15.0. The highest BCUT2D eigenvalue weighted by molar-refractivity contribution is 6.34. The molecule has 3 heterocycles. The number of pyridine rings is 1. The number of nitrogens with two attached hydrogens (primary N) is 1. The fraction of sp³-hybridized carbons (Fsp3) is 0.500. The van der Waals surface area contributed by atoms with Crippen LogP contribution < -0.4 is 10.6 Å². The lowest BCUT2D eigenvalue weighted by Crippen LogP contribution is -2.60. The topological polar surface area (TPSA) is 74.9 Å². The Kier molecular flexibility index (Phi) is 4.24. The van der Waals surface area contributed by atoms with E-state index in [9.17, 15) is 5.11 Å². The predicted octanol–water partition coefficient (Wildman–Crippen LogP) is 1.74. The predicted molar refractivity (Wildman–Crippen MR) is 100 cm³/mol. The number of halogens is 1. The van der Waals surface area contributed by atoms with Gasteiger partial charge in [-0.25, -0.2) is 4.98 Å². The molecule has 6 nitrogen and oxygen atoms in total. The summed E-state index contributed by atoms with van der Waals surface area (Å²) in [5.74, 6) is 0.508. The van der Waals surface area contributed by atoms with E-state index in [0.29, 0.717) is 19.0 Å². The van der Waals surface area contributed by atoms with Gasteiger partial charge in [0.25, 0.3) is 0 Å². The molecule has 134 valence electrons. The van der Waals surface area contributed by atoms with Crippen LogP contribution in [0.1, 0.15) is 6.92 Å². The Morgan fingerprint density at radius 2 is 2.00 bits per heavy atom. The first-order valence-corrected chi connectivity index (χ1v) is 8.96. The lowest BCUT2D eigenvalue weighted by Gasteiger charge is -2.45. The molecule has 2 saturated heterocycles. The summed E-state index contributed by atoms with van der Waals surface area (Å²) in [7, 11) is 0. The first kappa shape index (κ1) is 16.8. The molecule has 1 aromatic heterocycles. The van der Waals surface area contributed by atoms with Gasteiger partial charge in [-0.15, -0.1) is 0 Å². The Morgan fingerprint density at radius 1 is 1.24 bits per heavy atom. The van der Waals surface area contributed by atoms with Crippen molar-refractivity contribution in [2.75, 3.05) is 50.0 Å². The van der Waals surface area contributed by atoms with E-state index < -0.39 is 6.10 Å². The number of nitrogens with zero attached hydrogens (tertiary/aromatic N) is 3. The molecule has 25 heavy (non-hydrogen) atoms. The minimum atomic E-state index is -0.432. The molecule has 2 aromatic rings. The van der Waals surface area contributed by atoms with Gasteiger partial charge in [-0.3, -0.25) is 4.90 Å². The van der Waals surface area contributed by atoms with E-state index in [1.54, 1.807) is 6.20 Å². The van der Waals surface area contributed by atoms with Crippen LogP contribution in [-0.4, -0.2) is 66.0 Å². The molecule has 2 aliphatic heterocycles. The van der Waals surface area contributed by atoms with Gasteiger partial charge in [-0.1, -0.05) is 11.6 Å². The molecule has 2 atom stereocenters. The SMILES string of the molecule is C[C@]1(N2CCN(c3cc4cc(N)ncc4cc3Cl)CC2)COC[C@H]1O. The van der Waals surface area contributed by atoms with Crippen LogP contribution in [0.4, 0.5) is 11.5 Å². The second-order valence-corrected chi connectivity index (χ2v) is 7.53. The van der Waals surface area contributed by atoms with Gasteiger partial charge in [0, 0.05) is 37.8 Å². The van der Waals surface area contributed by atoms with E-state index in [-0.39, 0.29) is 5.54 Å². The quantitative estimate of drug-likeness (QED) is 0.847. The standard InChI is InChI=1S/C18H23ClN4O2/c1-18(11-25-10-16(18)24)23-4-2-22(3-5-23)15-7-12-8-17(20)21-9-13(12)6-14(15)19/h6-9,16,24H,2-5,10-11H2,1H3,(H2,20,21)/t16-,18+/m1/s1. The van der Waals surface area contributed by atoms with Gasteiger partial charge < -0.3 is 20.5 Å². The summed E-state index contributed by atoms with van der Waals surface area (Å²) in [5.41, 5.74) is 6.53. The van der Waals surface area contributed by atoms with E-state index in [4.69, 9.17) is 22.1 Å². The van der Waals surface area contributed by atoms with E-state index in [0.717, 1.165) is 47.7 Å². The van der Waals surface area contributed by atoms with E-state index in [1.807, 2.05) is 12.1 Å². The van der Waals surface area contributed by atoms with Crippen LogP contribution in [0.2, 0.25) is 5.02 Å². The van der Waals surface area contributed by atoms with Crippen molar-refractivity contribution < 1.29 is 9.84 Å². The number of nitrogen functional groups attached to an aromatic ring is 1. The highest BCUT2D eigenvalue weighted by Gasteiger charge is 2.44. The lowest BCUT2D eigenvalue weighted by molar-refractivity contribution is 0.00884. The normalized spacial score (nSPS) is 28.0. The van der Waals surface area contributed by atoms with E-state index in [1.165, 1.54) is 0 Å². The average molecular weight is 363 g/mol. The first-order chi connectivity index (χ1) is 12.0. The van der Waals surface area contributed by atoms with Crippen LogP contribution in [0.5, 0.6) is 0 Å². The molecule has 0 spiro atoms. The number of aliphatic hydroxyl groups is 1. The number of benzene rings is 1. The van der Waals surface area contributed by atoms with Crippen molar-refractivity contribution in [1.82, 2.24) is 9.88 Å². The number of aliphatic hydroxyl groups excluding tert-OH is 1. The van der Waals surface area contributed by atoms with Crippen molar-refractivity contribution in [3.8, 4) is 0 Å². The largest absolute Gasteiger partial charge is 0.389 e. The van der Waals surface area contributed by atoms with Crippen molar-refractivity contribution in [3.05, 3.63) is 29.4 Å². The molecule has 0 aliphatic carbocycles. The Bertz CT molecular complexity index is 794. The molecule has 7 heteroatoms. The monoisotopic (exact) mass is 362 g/mol. The maximum absolute atomic E-state index is 10.3. The van der Waals surface area contributed by atoms with Gasteiger partial charge in [0.15, 0.2) is 0 Å². The minimum absolute atomic E-state index is 0.292. The lowest BCUT2D eigenvalue weighted by atomic mass is 9.95. The number of aromatic nitrogens is 1. The van der Waals surface area contributed by atoms with Crippen LogP contribution in [0.3, 0.4) is 0 Å². The fourth-order valence-electron chi connectivity index (χ4n) is 3.83. The fourth-order valence-corrected chi connectivity index (χ4v) is 4.12. The van der Waals surface area contributed by atoms with Crippen LogP contribution in [0.15, 0.2) is 24.4 Å². The van der Waals surface area contributed by atoms with Crippen molar-refractivity contribution in [2.24, 2.45) is 0 Å². The summed E-state index contributed by atoms with van der Waals surface area (Å²) >= 11 is 6.52. The average Bonchev–Trinajstić information content (AvgIpc) is 2.95. The first-order valence-electron chi connectivity index (χ1n) is 8.58. The van der Waals surface area contributed by atoms with Crippen molar-refractivity contribution >= 4 is 33.9 Å². The Hall–Kier alpha value is -1.60. The molecule has 3 N–H and O–H groups in total. The van der Waals surface area contributed by atoms with Crippen LogP contribution in [0, 0.1) is 0 Å². The molecule has 4 rings (SSSR count). The molecule has 0 bridgehead atoms. The molecular formula is C18H23ClN4O2. The number of anilines is 2. The second-order valence-electron chi connectivity index (χ2n) is 7.12. The summed E-state index contributed by atoms with van der Waals surface area (Å²) in [6, 6.07) is 5.90. The Labute approximate surface area is 152 Å². The third-order valence-electron chi connectivity index (χ3n) is 5.54. The van der Waals surface area contributed by atoms with Gasteiger partial charge in [0.1, 0.15) is 5.82 Å². The number of hydrogen-bond donors (Lipinski definition) is 2. The minimum Gasteiger partial charge on any atom is -0.389 e. The summed E-state index contributed by atoms with van der Waals surface area (Å²) in [4.78, 5) is 8.75. The molecule has 1 aromatic carbocycles. The van der Waals surface area contributed by atoms with Gasteiger partial charge in [-0.2, -0.15) is 0 Å². The van der Waals surface area contributed by atoms with Crippen molar-refractivity contribution in [2.45, 2.75) is 18.6 Å². The molecule has 0 saturated carbocycles. The number of fused-ring (bicyclic) bond motifs is 1. The Morgan fingerprint density at radius 3 is 2.68 bits per heavy atom. The van der Waals surface area contributed by atoms with Crippen LogP contribution in [0.25, 0.3) is 10.8 Å². The molecule has 2 aliphatic rings. The summed E-state index contributed by atoms with van der Waals surface area (Å²) < 4.78 is 5.47. The zero-order chi connectivity index (χ0) is 17.6. The number of piperazine rings is 1. The third kappa shape index (κ3) is 2.93. The third-order valence-corrected chi connectivity index (χ3v) is 5.84. The molecular weight excluding hydrogens is 340 g/mol. The maximum Gasteiger partial charge on any atom is 0.123 e. The van der Waals surface area contributed by atoms with Gasteiger partial charge in [0.05, 0.1) is 35.6 Å². The molecule has 2 fully saturated rings. The maximum atomic E-state index is 10.3. The highest BCUT2D eigenvalue weighted by atomic mass is 35.5. The number of hydrogen-bond acceptors (Lipinski definition) is 6. The van der Waals surface area contributed by atoms with Gasteiger partial charge in [-0.05, 0) is 30.5 Å². The highest BCUT2D eigenvalue weighted by Crippen LogP contribution is 2.33. The van der Waals surface area contributed by atoms with Gasteiger partial charge >= 0.3 is 0 Å². The number of rotatable bonds is 2. The van der Waals surface area contributed by atoms with Crippen molar-refractivity contribution in [3.63, 3.8) is 0 Å². The molecule has 0 amide bonds. The number of ether oxygens (including phenoxy) is 1. The van der Waals surface area contributed by atoms with E-state index >= 15 is 0 Å². The second kappa shape index (κ2) is 6.29. The van der Waals surface area contributed by atoms with Crippen molar-refractivity contribution in [1.29, 1.82) is 0 Å². The smallest absolute Gasteiger partial charge is 0.123 e. The van der Waals surface area contributed by atoms with E-state index in [2.05, 4.69) is 27.8 Å². The van der Waals surface area contributed by atoms with Gasteiger partial charge in [0.2, 0.25) is 0 Å². The van der Waals surface area contributed by atoms with Crippen LogP contribution >= 0.6 is 11.6 Å².